The number of aryl methyl sites for hydroxylation is 1. The van der Waals surface area contributed by atoms with Gasteiger partial charge in [-0.25, -0.2) is 14.1 Å². The van der Waals surface area contributed by atoms with Gasteiger partial charge in [0.2, 0.25) is 0 Å². The highest BCUT2D eigenvalue weighted by Crippen LogP contribution is 2.32. The minimum absolute atomic E-state index is 0.277. The van der Waals surface area contributed by atoms with E-state index in [0.717, 1.165) is 12.1 Å². The Kier molecular flexibility index (Phi) is 4.06. The summed E-state index contributed by atoms with van der Waals surface area (Å²) in [4.78, 5) is 15.8. The van der Waals surface area contributed by atoms with E-state index in [0.29, 0.717) is 12.6 Å². The largest absolute Gasteiger partial charge is 0.419 e. The minimum atomic E-state index is -4.84. The maximum absolute atomic E-state index is 13.8. The van der Waals surface area contributed by atoms with Crippen LogP contribution in [0.4, 0.5) is 17.6 Å². The van der Waals surface area contributed by atoms with Gasteiger partial charge in [-0.2, -0.15) is 18.3 Å². The molecule has 0 radical (unpaired) electrons. The maximum Gasteiger partial charge on any atom is 0.419 e. The lowest BCUT2D eigenvalue weighted by Gasteiger charge is -2.10. The van der Waals surface area contributed by atoms with Gasteiger partial charge in [0.15, 0.2) is 5.78 Å². The van der Waals surface area contributed by atoms with Gasteiger partial charge in [0.1, 0.15) is 18.0 Å². The molecule has 112 valence electrons. The molecular formula is C13H11F4N3O. The fourth-order valence-electron chi connectivity index (χ4n) is 1.89. The van der Waals surface area contributed by atoms with Crippen LogP contribution in [-0.4, -0.2) is 20.5 Å². The monoisotopic (exact) mass is 301 g/mol. The second-order valence-corrected chi connectivity index (χ2v) is 4.26. The van der Waals surface area contributed by atoms with Crippen LogP contribution < -0.4 is 0 Å². The zero-order chi connectivity index (χ0) is 15.6. The fourth-order valence-corrected chi connectivity index (χ4v) is 1.89. The van der Waals surface area contributed by atoms with E-state index in [1.807, 2.05) is 0 Å². The molecule has 4 nitrogen and oxygen atoms in total. The van der Waals surface area contributed by atoms with Crippen LogP contribution in [0.3, 0.4) is 0 Å². The molecule has 2 aromatic rings. The second kappa shape index (κ2) is 5.63. The van der Waals surface area contributed by atoms with Crippen LogP contribution in [0.2, 0.25) is 0 Å². The van der Waals surface area contributed by atoms with Crippen LogP contribution in [0.1, 0.15) is 28.7 Å². The van der Waals surface area contributed by atoms with Crippen molar-refractivity contribution in [3.63, 3.8) is 0 Å². The number of ketones is 1. The first-order valence-electron chi connectivity index (χ1n) is 6.10. The third-order valence-corrected chi connectivity index (χ3v) is 2.92. The Bertz CT molecular complexity index is 664. The molecule has 0 spiro atoms. The summed E-state index contributed by atoms with van der Waals surface area (Å²) in [6.07, 6.45) is -3.93. The van der Waals surface area contributed by atoms with Gasteiger partial charge in [0, 0.05) is 6.54 Å². The van der Waals surface area contributed by atoms with Crippen molar-refractivity contribution >= 4 is 5.78 Å². The van der Waals surface area contributed by atoms with E-state index in [1.54, 1.807) is 6.92 Å². The lowest BCUT2D eigenvalue weighted by Crippen LogP contribution is -2.15. The van der Waals surface area contributed by atoms with Gasteiger partial charge >= 0.3 is 6.18 Å². The summed E-state index contributed by atoms with van der Waals surface area (Å²) in [7, 11) is 0. The normalized spacial score (nSPS) is 11.7. The number of nitrogens with zero attached hydrogens (tertiary/aromatic N) is 3. The molecule has 0 aliphatic heterocycles. The Hall–Kier alpha value is -2.25. The van der Waals surface area contributed by atoms with E-state index in [-0.39, 0.29) is 12.2 Å². The smallest absolute Gasteiger partial charge is 0.294 e. The Morgan fingerprint density at radius 1 is 1.33 bits per heavy atom. The number of hydrogen-bond donors (Lipinski definition) is 0. The first-order chi connectivity index (χ1) is 9.84. The predicted molar refractivity (Wildman–Crippen MR) is 65.1 cm³/mol. The molecule has 0 amide bonds. The quantitative estimate of drug-likeness (QED) is 0.644. The number of carbonyl (C=O) groups is 1. The lowest BCUT2D eigenvalue weighted by molar-refractivity contribution is -0.140. The average molecular weight is 301 g/mol. The molecule has 0 aliphatic carbocycles. The summed E-state index contributed by atoms with van der Waals surface area (Å²) in [5.74, 6) is -2.06. The molecule has 1 aromatic heterocycles. The van der Waals surface area contributed by atoms with Crippen molar-refractivity contribution in [2.24, 2.45) is 0 Å². The standard InChI is InChI=1S/C13H11F4N3O/c1-2-20-11(18-7-19-20)6-10(21)8-4-3-5-9(12(8)14)13(15,16)17/h3-5,7H,2,6H2,1H3. The van der Waals surface area contributed by atoms with Crippen LogP contribution in [0.25, 0.3) is 0 Å². The van der Waals surface area contributed by atoms with Gasteiger partial charge in [-0.05, 0) is 19.1 Å². The van der Waals surface area contributed by atoms with Gasteiger partial charge in [0.05, 0.1) is 17.5 Å². The Morgan fingerprint density at radius 3 is 2.67 bits per heavy atom. The molecule has 21 heavy (non-hydrogen) atoms. The molecule has 1 heterocycles. The first-order valence-corrected chi connectivity index (χ1v) is 6.10. The number of halogens is 4. The summed E-state index contributed by atoms with van der Waals surface area (Å²) < 4.78 is 53.1. The molecule has 0 unspecified atom stereocenters. The van der Waals surface area contributed by atoms with Gasteiger partial charge in [-0.3, -0.25) is 4.79 Å². The third-order valence-electron chi connectivity index (χ3n) is 2.92. The summed E-state index contributed by atoms with van der Waals surface area (Å²) in [6, 6.07) is 2.63. The topological polar surface area (TPSA) is 47.8 Å². The summed E-state index contributed by atoms with van der Waals surface area (Å²) >= 11 is 0. The lowest BCUT2D eigenvalue weighted by atomic mass is 10.0. The number of aromatic nitrogens is 3. The van der Waals surface area contributed by atoms with E-state index >= 15 is 0 Å². The SMILES string of the molecule is CCn1ncnc1CC(=O)c1cccc(C(F)(F)F)c1F. The van der Waals surface area contributed by atoms with Crippen molar-refractivity contribution in [1.29, 1.82) is 0 Å². The Morgan fingerprint density at radius 2 is 2.05 bits per heavy atom. The second-order valence-electron chi connectivity index (χ2n) is 4.26. The number of hydrogen-bond acceptors (Lipinski definition) is 3. The van der Waals surface area contributed by atoms with E-state index < -0.39 is 28.9 Å². The van der Waals surface area contributed by atoms with Crippen LogP contribution in [0.15, 0.2) is 24.5 Å². The molecule has 2 rings (SSSR count). The van der Waals surface area contributed by atoms with Crippen LogP contribution in [0.5, 0.6) is 0 Å². The molecule has 8 heteroatoms. The van der Waals surface area contributed by atoms with Crippen LogP contribution >= 0.6 is 0 Å². The van der Waals surface area contributed by atoms with Gasteiger partial charge in [-0.15, -0.1) is 0 Å². The first kappa shape index (κ1) is 15.1. The highest BCUT2D eigenvalue weighted by Gasteiger charge is 2.35. The molecular weight excluding hydrogens is 290 g/mol. The van der Waals surface area contributed by atoms with Crippen LogP contribution in [0, 0.1) is 5.82 Å². The van der Waals surface area contributed by atoms with Crippen molar-refractivity contribution in [2.45, 2.75) is 26.1 Å². The summed E-state index contributed by atoms with van der Waals surface area (Å²) in [5.41, 5.74) is -2.05. The van der Waals surface area contributed by atoms with Gasteiger partial charge < -0.3 is 0 Å². The molecule has 0 fully saturated rings. The van der Waals surface area contributed by atoms with Crippen molar-refractivity contribution in [3.8, 4) is 0 Å². The van der Waals surface area contributed by atoms with Crippen molar-refractivity contribution in [1.82, 2.24) is 14.8 Å². The number of carbonyl (C=O) groups excluding carboxylic acids is 1. The van der Waals surface area contributed by atoms with E-state index in [2.05, 4.69) is 10.1 Å². The highest BCUT2D eigenvalue weighted by atomic mass is 19.4. The van der Waals surface area contributed by atoms with Crippen molar-refractivity contribution < 1.29 is 22.4 Å². The zero-order valence-electron chi connectivity index (χ0n) is 11.0. The molecule has 0 bridgehead atoms. The van der Waals surface area contributed by atoms with Gasteiger partial charge in [0.25, 0.3) is 0 Å². The molecule has 1 aromatic carbocycles. The molecule has 0 atom stereocenters. The number of rotatable bonds is 4. The van der Waals surface area contributed by atoms with E-state index in [1.165, 1.54) is 11.0 Å². The average Bonchev–Trinajstić information content (AvgIpc) is 2.84. The van der Waals surface area contributed by atoms with E-state index in [4.69, 9.17) is 0 Å². The van der Waals surface area contributed by atoms with Crippen molar-refractivity contribution in [3.05, 3.63) is 47.3 Å². The number of alkyl halides is 3. The number of Topliss-reactive ketones (excluding diaryl/α,β-unsaturated/α-hetero) is 1. The predicted octanol–water partition coefficient (Wildman–Crippen LogP) is 2.88. The highest BCUT2D eigenvalue weighted by molar-refractivity contribution is 5.97. The fraction of sp³-hybridized carbons (Fsp3) is 0.308. The minimum Gasteiger partial charge on any atom is -0.294 e. The zero-order valence-corrected chi connectivity index (χ0v) is 11.0. The number of benzene rings is 1. The van der Waals surface area contributed by atoms with E-state index in [9.17, 15) is 22.4 Å². The summed E-state index contributed by atoms with van der Waals surface area (Å²) in [5, 5.41) is 3.84. The molecule has 0 saturated carbocycles. The Balaban J connectivity index is 2.32. The maximum atomic E-state index is 13.8. The molecule has 0 saturated heterocycles. The molecule has 0 N–H and O–H groups in total. The Labute approximate surface area is 117 Å². The molecule has 0 aliphatic rings. The van der Waals surface area contributed by atoms with Gasteiger partial charge in [-0.1, -0.05) is 6.07 Å². The third kappa shape index (κ3) is 3.09. The summed E-state index contributed by atoms with van der Waals surface area (Å²) in [6.45, 7) is 2.22. The van der Waals surface area contributed by atoms with Crippen molar-refractivity contribution in [2.75, 3.05) is 0 Å². The van der Waals surface area contributed by atoms with Crippen LogP contribution in [-0.2, 0) is 19.1 Å².